The van der Waals surface area contributed by atoms with Crippen LogP contribution in [0.15, 0.2) is 0 Å². The van der Waals surface area contributed by atoms with Crippen LogP contribution in [0.25, 0.3) is 0 Å². The first kappa shape index (κ1) is 18.2. The van der Waals surface area contributed by atoms with Crippen molar-refractivity contribution in [2.45, 2.75) is 58.7 Å². The highest BCUT2D eigenvalue weighted by Crippen LogP contribution is 2.29. The highest BCUT2D eigenvalue weighted by molar-refractivity contribution is 5.89. The summed E-state index contributed by atoms with van der Waals surface area (Å²) in [4.78, 5) is 25.1. The number of carbonyl (C=O) groups is 2. The Kier molecular flexibility index (Phi) is 5.10. The molecule has 0 bridgehead atoms. The Balaban J connectivity index is 2.31. The molecular formula is C15H21F2N3O4. The summed E-state index contributed by atoms with van der Waals surface area (Å²) in [6, 6.07) is -1.34. The molecule has 7 nitrogen and oxygen atoms in total. The van der Waals surface area contributed by atoms with E-state index in [0.29, 0.717) is 11.3 Å². The number of ether oxygens (including phenoxy) is 2. The topological polar surface area (TPSA) is 84.5 Å². The molecule has 0 saturated heterocycles. The molecule has 9 heteroatoms. The molecule has 0 fully saturated rings. The lowest BCUT2D eigenvalue weighted by Crippen LogP contribution is -2.49. The van der Waals surface area contributed by atoms with Gasteiger partial charge in [-0.15, -0.1) is 0 Å². The van der Waals surface area contributed by atoms with Crippen molar-refractivity contribution in [2.75, 3.05) is 6.61 Å². The molecule has 1 unspecified atom stereocenters. The third-order valence-electron chi connectivity index (χ3n) is 3.48. The number of nitrogens with one attached hydrogen (secondary N) is 1. The van der Waals surface area contributed by atoms with Gasteiger partial charge in [0.25, 0.3) is 6.43 Å². The van der Waals surface area contributed by atoms with E-state index < -0.39 is 30.1 Å². The molecular weight excluding hydrogens is 324 g/mol. The van der Waals surface area contributed by atoms with Crippen molar-refractivity contribution in [1.82, 2.24) is 15.1 Å². The van der Waals surface area contributed by atoms with Gasteiger partial charge in [0.15, 0.2) is 5.69 Å². The lowest BCUT2D eigenvalue weighted by molar-refractivity contribution is -0.0215. The van der Waals surface area contributed by atoms with E-state index in [1.165, 1.54) is 0 Å². The quantitative estimate of drug-likeness (QED) is 0.851. The van der Waals surface area contributed by atoms with Crippen LogP contribution < -0.4 is 0 Å². The van der Waals surface area contributed by atoms with Crippen LogP contribution in [0.3, 0.4) is 0 Å². The Bertz CT molecular complexity index is 625. The van der Waals surface area contributed by atoms with Crippen molar-refractivity contribution < 1.29 is 27.8 Å². The molecule has 1 atom stereocenters. The van der Waals surface area contributed by atoms with E-state index in [4.69, 9.17) is 9.47 Å². The SMILES string of the molecule is CCOC(=O)c1n[nH]c2c1CN(C(=O)OC(C)(C)C)C(C(F)F)C2. The van der Waals surface area contributed by atoms with Gasteiger partial charge in [-0.05, 0) is 27.7 Å². The summed E-state index contributed by atoms with van der Waals surface area (Å²) in [5, 5.41) is 6.45. The Morgan fingerprint density at radius 2 is 2.08 bits per heavy atom. The van der Waals surface area contributed by atoms with Gasteiger partial charge in [0.1, 0.15) is 11.6 Å². The summed E-state index contributed by atoms with van der Waals surface area (Å²) in [6.45, 7) is 6.58. The smallest absolute Gasteiger partial charge is 0.411 e. The number of nitrogens with zero attached hydrogens (tertiary/aromatic N) is 2. The van der Waals surface area contributed by atoms with Crippen LogP contribution in [0.1, 0.15) is 49.4 Å². The Morgan fingerprint density at radius 3 is 2.62 bits per heavy atom. The fraction of sp³-hybridized carbons (Fsp3) is 0.667. The van der Waals surface area contributed by atoms with E-state index in [2.05, 4.69) is 10.2 Å². The van der Waals surface area contributed by atoms with E-state index in [0.717, 1.165) is 4.90 Å². The van der Waals surface area contributed by atoms with Crippen LogP contribution in [0.2, 0.25) is 0 Å². The number of aromatic amines is 1. The van der Waals surface area contributed by atoms with Crippen LogP contribution in [-0.4, -0.2) is 51.8 Å². The zero-order valence-electron chi connectivity index (χ0n) is 14.1. The van der Waals surface area contributed by atoms with Gasteiger partial charge in [-0.2, -0.15) is 5.10 Å². The van der Waals surface area contributed by atoms with E-state index in [-0.39, 0.29) is 25.3 Å². The fourth-order valence-electron chi connectivity index (χ4n) is 2.46. The lowest BCUT2D eigenvalue weighted by atomic mass is 9.99. The van der Waals surface area contributed by atoms with Crippen LogP contribution >= 0.6 is 0 Å². The number of amides is 1. The van der Waals surface area contributed by atoms with Crippen molar-refractivity contribution >= 4 is 12.1 Å². The van der Waals surface area contributed by atoms with Gasteiger partial charge in [-0.25, -0.2) is 18.4 Å². The first-order valence-corrected chi connectivity index (χ1v) is 7.65. The highest BCUT2D eigenvalue weighted by atomic mass is 19.3. The second-order valence-corrected chi connectivity index (χ2v) is 6.46. The zero-order valence-corrected chi connectivity index (χ0v) is 14.1. The molecule has 0 aliphatic carbocycles. The van der Waals surface area contributed by atoms with Gasteiger partial charge >= 0.3 is 12.1 Å². The molecule has 0 saturated carbocycles. The maximum atomic E-state index is 13.4. The Morgan fingerprint density at radius 1 is 1.42 bits per heavy atom. The number of rotatable bonds is 3. The third kappa shape index (κ3) is 3.82. The largest absolute Gasteiger partial charge is 0.461 e. The number of H-pyrrole nitrogens is 1. The number of alkyl halides is 2. The molecule has 1 aromatic rings. The molecule has 1 N–H and O–H groups in total. The van der Waals surface area contributed by atoms with E-state index in [1.54, 1.807) is 27.7 Å². The Labute approximate surface area is 138 Å². The summed E-state index contributed by atoms with van der Waals surface area (Å²) >= 11 is 0. The maximum absolute atomic E-state index is 13.4. The number of aromatic nitrogens is 2. The van der Waals surface area contributed by atoms with Gasteiger partial charge in [-0.1, -0.05) is 0 Å². The van der Waals surface area contributed by atoms with Gasteiger partial charge in [0, 0.05) is 17.7 Å². The number of hydrogen-bond acceptors (Lipinski definition) is 5. The lowest BCUT2D eigenvalue weighted by Gasteiger charge is -2.36. The summed E-state index contributed by atoms with van der Waals surface area (Å²) < 4.78 is 36.8. The zero-order chi connectivity index (χ0) is 18.1. The summed E-state index contributed by atoms with van der Waals surface area (Å²) in [5.74, 6) is -0.658. The number of carbonyl (C=O) groups excluding carboxylic acids is 2. The van der Waals surface area contributed by atoms with E-state index >= 15 is 0 Å². The number of esters is 1. The minimum atomic E-state index is -2.75. The highest BCUT2D eigenvalue weighted by Gasteiger charge is 2.40. The molecule has 134 valence electrons. The van der Waals surface area contributed by atoms with Crippen LogP contribution in [0, 0.1) is 0 Å². The predicted octanol–water partition coefficient (Wildman–Crippen LogP) is 2.51. The van der Waals surface area contributed by atoms with Crippen LogP contribution in [-0.2, 0) is 22.4 Å². The first-order chi connectivity index (χ1) is 11.1. The molecule has 24 heavy (non-hydrogen) atoms. The summed E-state index contributed by atoms with van der Waals surface area (Å²) in [7, 11) is 0. The monoisotopic (exact) mass is 345 g/mol. The number of halogens is 2. The second kappa shape index (κ2) is 6.74. The standard InChI is InChI=1S/C15H21F2N3O4/c1-5-23-13(21)11-8-7-20(14(22)24-15(2,3)4)10(12(16)17)6-9(8)18-19-11/h10,12H,5-7H2,1-4H3,(H,18,19). The first-order valence-electron chi connectivity index (χ1n) is 7.65. The third-order valence-corrected chi connectivity index (χ3v) is 3.48. The van der Waals surface area contributed by atoms with E-state index in [9.17, 15) is 18.4 Å². The Hall–Kier alpha value is -2.19. The molecule has 2 heterocycles. The second-order valence-electron chi connectivity index (χ2n) is 6.46. The summed E-state index contributed by atoms with van der Waals surface area (Å²) in [5.41, 5.74) is -0.0165. The normalized spacial score (nSPS) is 17.6. The van der Waals surface area contributed by atoms with Crippen molar-refractivity contribution in [2.24, 2.45) is 0 Å². The minimum Gasteiger partial charge on any atom is -0.461 e. The van der Waals surface area contributed by atoms with Crippen molar-refractivity contribution in [3.05, 3.63) is 17.0 Å². The van der Waals surface area contributed by atoms with Crippen molar-refractivity contribution in [3.63, 3.8) is 0 Å². The van der Waals surface area contributed by atoms with E-state index in [1.807, 2.05) is 0 Å². The van der Waals surface area contributed by atoms with Crippen molar-refractivity contribution in [1.29, 1.82) is 0 Å². The van der Waals surface area contributed by atoms with Crippen LogP contribution in [0.5, 0.6) is 0 Å². The molecule has 1 aliphatic heterocycles. The van der Waals surface area contributed by atoms with Crippen molar-refractivity contribution in [3.8, 4) is 0 Å². The number of hydrogen-bond donors (Lipinski definition) is 1. The maximum Gasteiger partial charge on any atom is 0.411 e. The van der Waals surface area contributed by atoms with Gasteiger partial charge in [0.2, 0.25) is 0 Å². The molecule has 1 amide bonds. The predicted molar refractivity (Wildman–Crippen MR) is 79.8 cm³/mol. The molecule has 0 aromatic carbocycles. The fourth-order valence-corrected chi connectivity index (χ4v) is 2.46. The summed E-state index contributed by atoms with van der Waals surface area (Å²) in [6.07, 6.45) is -3.74. The molecule has 1 aliphatic rings. The average molecular weight is 345 g/mol. The molecule has 2 rings (SSSR count). The number of fused-ring (bicyclic) bond motifs is 1. The van der Waals surface area contributed by atoms with Gasteiger partial charge in [-0.3, -0.25) is 10.00 Å². The van der Waals surface area contributed by atoms with Gasteiger partial charge in [0.05, 0.1) is 13.2 Å². The van der Waals surface area contributed by atoms with Crippen LogP contribution in [0.4, 0.5) is 13.6 Å². The molecule has 1 aromatic heterocycles. The molecule has 0 radical (unpaired) electrons. The van der Waals surface area contributed by atoms with Gasteiger partial charge < -0.3 is 9.47 Å². The molecule has 0 spiro atoms. The minimum absolute atomic E-state index is 0.00752. The average Bonchev–Trinajstić information content (AvgIpc) is 2.87.